The fraction of sp³-hybridized carbons (Fsp3) is 0.769. The third kappa shape index (κ3) is 2.99. The number of piperidine rings is 1. The Morgan fingerprint density at radius 2 is 2.19 bits per heavy atom. The molecule has 16 heavy (non-hydrogen) atoms. The van der Waals surface area contributed by atoms with Crippen LogP contribution >= 0.6 is 0 Å². The minimum atomic E-state index is -0.189. The van der Waals surface area contributed by atoms with Crippen LogP contribution in [0.25, 0.3) is 0 Å². The molecule has 3 heteroatoms. The van der Waals surface area contributed by atoms with Crippen molar-refractivity contribution in [1.29, 1.82) is 0 Å². The second-order valence-corrected chi connectivity index (χ2v) is 4.64. The van der Waals surface area contributed by atoms with Gasteiger partial charge in [-0.3, -0.25) is 4.79 Å². The van der Waals surface area contributed by atoms with E-state index in [0.29, 0.717) is 0 Å². The molecule has 1 fully saturated rings. The van der Waals surface area contributed by atoms with E-state index in [1.807, 2.05) is 6.92 Å². The molecule has 1 aliphatic rings. The summed E-state index contributed by atoms with van der Waals surface area (Å²) in [5.41, 5.74) is -0.189. The molecule has 1 saturated heterocycles. The third-order valence-electron chi connectivity index (χ3n) is 3.37. The molecule has 0 bridgehead atoms. The summed E-state index contributed by atoms with van der Waals surface area (Å²) in [4.78, 5) is 12.2. The van der Waals surface area contributed by atoms with Crippen molar-refractivity contribution >= 4 is 5.91 Å². The summed E-state index contributed by atoms with van der Waals surface area (Å²) < 4.78 is 0. The Hall–Kier alpha value is -1.01. The molecule has 0 aliphatic carbocycles. The highest BCUT2D eigenvalue weighted by Crippen LogP contribution is 2.34. The fourth-order valence-corrected chi connectivity index (χ4v) is 2.37. The number of rotatable bonds is 4. The fourth-order valence-electron chi connectivity index (χ4n) is 2.37. The van der Waals surface area contributed by atoms with Crippen LogP contribution in [0.4, 0.5) is 0 Å². The highest BCUT2D eigenvalue weighted by Gasteiger charge is 2.38. The third-order valence-corrected chi connectivity index (χ3v) is 3.37. The zero-order valence-electron chi connectivity index (χ0n) is 10.3. The van der Waals surface area contributed by atoms with Gasteiger partial charge in [-0.25, -0.2) is 0 Å². The average Bonchev–Trinajstić information content (AvgIpc) is 2.30. The molecule has 3 nitrogen and oxygen atoms in total. The Bertz CT molecular complexity index is 269. The number of carbonyl (C=O) groups excluding carboxylic acids is 1. The van der Waals surface area contributed by atoms with Crippen LogP contribution < -0.4 is 10.6 Å². The molecule has 0 aromatic carbocycles. The van der Waals surface area contributed by atoms with Gasteiger partial charge in [0.25, 0.3) is 0 Å². The van der Waals surface area contributed by atoms with Crippen LogP contribution in [0.15, 0.2) is 0 Å². The van der Waals surface area contributed by atoms with E-state index in [2.05, 4.69) is 23.5 Å². The maximum Gasteiger partial charge on any atom is 0.227 e. The molecule has 1 heterocycles. The van der Waals surface area contributed by atoms with E-state index in [9.17, 15) is 4.79 Å². The van der Waals surface area contributed by atoms with Crippen molar-refractivity contribution in [3.05, 3.63) is 0 Å². The van der Waals surface area contributed by atoms with Gasteiger partial charge in [-0.15, -0.1) is 6.42 Å². The van der Waals surface area contributed by atoms with Crippen LogP contribution in [0.5, 0.6) is 0 Å². The van der Waals surface area contributed by atoms with Gasteiger partial charge in [0.05, 0.1) is 11.5 Å². The average molecular weight is 222 g/mol. The van der Waals surface area contributed by atoms with E-state index < -0.39 is 0 Å². The Morgan fingerprint density at radius 1 is 1.56 bits per heavy atom. The van der Waals surface area contributed by atoms with Gasteiger partial charge in [0, 0.05) is 0 Å². The molecule has 0 aromatic heterocycles. The normalized spacial score (nSPS) is 20.8. The monoisotopic (exact) mass is 222 g/mol. The highest BCUT2D eigenvalue weighted by atomic mass is 16.2. The molecular formula is C13H22N2O. The Balaban J connectivity index is 2.68. The van der Waals surface area contributed by atoms with Gasteiger partial charge in [0.15, 0.2) is 0 Å². The minimum Gasteiger partial charge on any atom is -0.342 e. The van der Waals surface area contributed by atoms with E-state index >= 15 is 0 Å². The van der Waals surface area contributed by atoms with Gasteiger partial charge < -0.3 is 10.6 Å². The summed E-state index contributed by atoms with van der Waals surface area (Å²) in [5.74, 6) is 2.69. The first kappa shape index (κ1) is 13.1. The summed E-state index contributed by atoms with van der Waals surface area (Å²) >= 11 is 0. The lowest BCUT2D eigenvalue weighted by atomic mass is 9.74. The van der Waals surface area contributed by atoms with Gasteiger partial charge in [-0.05, 0) is 39.3 Å². The molecule has 0 aromatic rings. The second-order valence-electron chi connectivity index (χ2n) is 4.64. The van der Waals surface area contributed by atoms with Gasteiger partial charge in [0.1, 0.15) is 0 Å². The standard InChI is InChI=1S/C13H22N2O/c1-4-6-13(7-9-14-10-8-13)12(16)15-11(3)5-2/h2,11,14H,4,6-10H2,1,3H3,(H,15,16). The van der Waals surface area contributed by atoms with E-state index in [1.54, 1.807) is 0 Å². The molecule has 0 spiro atoms. The first-order valence-corrected chi connectivity index (χ1v) is 6.12. The van der Waals surface area contributed by atoms with Crippen molar-refractivity contribution in [2.75, 3.05) is 13.1 Å². The Morgan fingerprint density at radius 3 is 2.69 bits per heavy atom. The van der Waals surface area contributed by atoms with Crippen LogP contribution in [-0.2, 0) is 4.79 Å². The summed E-state index contributed by atoms with van der Waals surface area (Å²) in [6.07, 6.45) is 9.13. The molecule has 90 valence electrons. The largest absolute Gasteiger partial charge is 0.342 e. The van der Waals surface area contributed by atoms with Crippen molar-refractivity contribution in [2.24, 2.45) is 5.41 Å². The zero-order chi connectivity index (χ0) is 12.0. The van der Waals surface area contributed by atoms with Gasteiger partial charge in [-0.1, -0.05) is 19.3 Å². The smallest absolute Gasteiger partial charge is 0.227 e. The van der Waals surface area contributed by atoms with E-state index in [4.69, 9.17) is 6.42 Å². The molecule has 1 rings (SSSR count). The first-order valence-electron chi connectivity index (χ1n) is 6.12. The van der Waals surface area contributed by atoms with Crippen molar-refractivity contribution in [3.63, 3.8) is 0 Å². The molecule has 2 N–H and O–H groups in total. The van der Waals surface area contributed by atoms with Crippen LogP contribution in [0.1, 0.15) is 39.5 Å². The lowest BCUT2D eigenvalue weighted by Gasteiger charge is -2.36. The number of hydrogen-bond acceptors (Lipinski definition) is 2. The van der Waals surface area contributed by atoms with E-state index in [0.717, 1.165) is 38.8 Å². The number of hydrogen-bond donors (Lipinski definition) is 2. The molecule has 1 unspecified atom stereocenters. The van der Waals surface area contributed by atoms with Crippen LogP contribution in [-0.4, -0.2) is 25.0 Å². The molecule has 0 saturated carbocycles. The Kier molecular flexibility index (Phi) is 4.82. The maximum atomic E-state index is 12.2. The van der Waals surface area contributed by atoms with Crippen LogP contribution in [0.3, 0.4) is 0 Å². The van der Waals surface area contributed by atoms with Crippen LogP contribution in [0, 0.1) is 17.8 Å². The highest BCUT2D eigenvalue weighted by molar-refractivity contribution is 5.83. The minimum absolute atomic E-state index is 0.140. The lowest BCUT2D eigenvalue weighted by Crippen LogP contribution is -2.49. The van der Waals surface area contributed by atoms with Gasteiger partial charge in [0.2, 0.25) is 5.91 Å². The topological polar surface area (TPSA) is 41.1 Å². The molecule has 1 amide bonds. The number of carbonyl (C=O) groups is 1. The quantitative estimate of drug-likeness (QED) is 0.704. The van der Waals surface area contributed by atoms with Crippen LogP contribution in [0.2, 0.25) is 0 Å². The predicted octanol–water partition coefficient (Wildman–Crippen LogP) is 1.29. The Labute approximate surface area is 98.4 Å². The molecule has 0 radical (unpaired) electrons. The number of terminal acetylenes is 1. The van der Waals surface area contributed by atoms with E-state index in [1.165, 1.54) is 0 Å². The summed E-state index contributed by atoms with van der Waals surface area (Å²) in [6, 6.07) is -0.170. The summed E-state index contributed by atoms with van der Waals surface area (Å²) in [5, 5.41) is 6.22. The zero-order valence-corrected chi connectivity index (χ0v) is 10.3. The van der Waals surface area contributed by atoms with Gasteiger partial charge in [-0.2, -0.15) is 0 Å². The SMILES string of the molecule is C#CC(C)NC(=O)C1(CCC)CCNCC1. The number of nitrogens with one attached hydrogen (secondary N) is 2. The first-order chi connectivity index (χ1) is 7.64. The van der Waals surface area contributed by atoms with Crippen molar-refractivity contribution in [3.8, 4) is 12.3 Å². The molecular weight excluding hydrogens is 200 g/mol. The maximum absolute atomic E-state index is 12.2. The summed E-state index contributed by atoms with van der Waals surface area (Å²) in [7, 11) is 0. The van der Waals surface area contributed by atoms with Gasteiger partial charge >= 0.3 is 0 Å². The van der Waals surface area contributed by atoms with Crippen molar-refractivity contribution < 1.29 is 4.79 Å². The molecule has 1 atom stereocenters. The lowest BCUT2D eigenvalue weighted by molar-refractivity contribution is -0.133. The predicted molar refractivity (Wildman–Crippen MR) is 65.9 cm³/mol. The summed E-state index contributed by atoms with van der Waals surface area (Å²) in [6.45, 7) is 5.83. The number of amides is 1. The van der Waals surface area contributed by atoms with Crippen molar-refractivity contribution in [1.82, 2.24) is 10.6 Å². The second kappa shape index (κ2) is 5.91. The molecule has 1 aliphatic heterocycles. The van der Waals surface area contributed by atoms with E-state index in [-0.39, 0.29) is 17.4 Å². The van der Waals surface area contributed by atoms with Crippen molar-refractivity contribution in [2.45, 2.75) is 45.6 Å².